The fourth-order valence-corrected chi connectivity index (χ4v) is 3.39. The summed E-state index contributed by atoms with van der Waals surface area (Å²) in [5, 5.41) is 4.18. The van der Waals surface area contributed by atoms with Crippen LogP contribution in [0.3, 0.4) is 0 Å². The van der Waals surface area contributed by atoms with E-state index in [0.717, 1.165) is 19.4 Å². The third-order valence-corrected chi connectivity index (χ3v) is 4.72. The average Bonchev–Trinajstić information content (AvgIpc) is 3.08. The summed E-state index contributed by atoms with van der Waals surface area (Å²) in [5.74, 6) is 0. The maximum absolute atomic E-state index is 11.2. The van der Waals surface area contributed by atoms with E-state index in [1.54, 1.807) is 0 Å². The van der Waals surface area contributed by atoms with Crippen molar-refractivity contribution < 1.29 is 9.53 Å². The van der Waals surface area contributed by atoms with Gasteiger partial charge in [-0.2, -0.15) is 0 Å². The number of aromatic nitrogens is 1. The first-order valence-corrected chi connectivity index (χ1v) is 8.95. The molecule has 5 nitrogen and oxygen atoms in total. The molecule has 0 aliphatic carbocycles. The Kier molecular flexibility index (Phi) is 4.78. The van der Waals surface area contributed by atoms with Crippen molar-refractivity contribution in [3.05, 3.63) is 35.5 Å². The van der Waals surface area contributed by atoms with Gasteiger partial charge in [0.25, 0.3) is 0 Å². The van der Waals surface area contributed by atoms with Gasteiger partial charge in [-0.25, -0.2) is 4.79 Å². The first kappa shape index (κ1) is 17.8. The Morgan fingerprint density at radius 3 is 2.68 bits per heavy atom. The van der Waals surface area contributed by atoms with Gasteiger partial charge in [0.2, 0.25) is 0 Å². The van der Waals surface area contributed by atoms with Crippen LogP contribution >= 0.6 is 0 Å². The topological polar surface area (TPSA) is 46.5 Å². The molecular formula is C20H29N3O2. The standard InChI is InChI=1S/C20H29N3O2/c1-20(2,3)23-12-15(8-9-22(4)5)17-11-14(6-7-18(17)23)10-16-13-25-19(24)21-16/h6-7,11-12,16H,8-10,13H2,1-5H3,(H,21,24). The van der Waals surface area contributed by atoms with E-state index >= 15 is 0 Å². The van der Waals surface area contributed by atoms with E-state index in [9.17, 15) is 4.79 Å². The van der Waals surface area contributed by atoms with Crippen LogP contribution in [0.15, 0.2) is 24.4 Å². The quantitative estimate of drug-likeness (QED) is 0.907. The molecule has 1 unspecified atom stereocenters. The fourth-order valence-electron chi connectivity index (χ4n) is 3.39. The van der Waals surface area contributed by atoms with Gasteiger partial charge in [0.1, 0.15) is 6.61 Å². The van der Waals surface area contributed by atoms with Crippen molar-refractivity contribution in [2.45, 2.75) is 45.2 Å². The highest BCUT2D eigenvalue weighted by atomic mass is 16.6. The number of likely N-dealkylation sites (N-methyl/N-ethyl adjacent to an activating group) is 1. The monoisotopic (exact) mass is 343 g/mol. The number of alkyl carbamates (subject to hydrolysis) is 1. The number of cyclic esters (lactones) is 1. The highest BCUT2D eigenvalue weighted by Crippen LogP contribution is 2.29. The zero-order valence-electron chi connectivity index (χ0n) is 15.9. The maximum atomic E-state index is 11.2. The van der Waals surface area contributed by atoms with Crippen LogP contribution in [0.4, 0.5) is 4.79 Å². The number of nitrogens with one attached hydrogen (secondary N) is 1. The van der Waals surface area contributed by atoms with Crippen LogP contribution < -0.4 is 5.32 Å². The molecule has 1 fully saturated rings. The summed E-state index contributed by atoms with van der Waals surface area (Å²) in [6.07, 6.45) is 3.82. The third-order valence-electron chi connectivity index (χ3n) is 4.72. The Morgan fingerprint density at radius 2 is 2.08 bits per heavy atom. The van der Waals surface area contributed by atoms with Crippen LogP contribution in [0.2, 0.25) is 0 Å². The smallest absolute Gasteiger partial charge is 0.407 e. The van der Waals surface area contributed by atoms with Crippen LogP contribution in [-0.4, -0.2) is 48.8 Å². The number of fused-ring (bicyclic) bond motifs is 1. The fraction of sp³-hybridized carbons (Fsp3) is 0.550. The first-order chi connectivity index (χ1) is 11.7. The van der Waals surface area contributed by atoms with E-state index < -0.39 is 0 Å². The summed E-state index contributed by atoms with van der Waals surface area (Å²) < 4.78 is 7.38. The molecule has 1 N–H and O–H groups in total. The van der Waals surface area contributed by atoms with E-state index in [1.165, 1.54) is 22.0 Å². The molecule has 5 heteroatoms. The van der Waals surface area contributed by atoms with Crippen molar-refractivity contribution in [1.29, 1.82) is 0 Å². The molecule has 1 atom stereocenters. The summed E-state index contributed by atoms with van der Waals surface area (Å²) in [5.41, 5.74) is 3.94. The van der Waals surface area contributed by atoms with Crippen molar-refractivity contribution in [3.8, 4) is 0 Å². The van der Waals surface area contributed by atoms with Gasteiger partial charge >= 0.3 is 6.09 Å². The molecule has 1 amide bonds. The van der Waals surface area contributed by atoms with E-state index in [2.05, 4.69) is 74.0 Å². The van der Waals surface area contributed by atoms with Crippen molar-refractivity contribution in [1.82, 2.24) is 14.8 Å². The number of hydrogen-bond acceptors (Lipinski definition) is 3. The lowest BCUT2D eigenvalue weighted by molar-refractivity contribution is 0.177. The molecule has 2 heterocycles. The highest BCUT2D eigenvalue weighted by Gasteiger charge is 2.23. The molecule has 25 heavy (non-hydrogen) atoms. The lowest BCUT2D eigenvalue weighted by atomic mass is 10.0. The Balaban J connectivity index is 1.94. The zero-order valence-corrected chi connectivity index (χ0v) is 15.9. The van der Waals surface area contributed by atoms with E-state index in [-0.39, 0.29) is 17.7 Å². The minimum Gasteiger partial charge on any atom is -0.447 e. The molecule has 1 aliphatic rings. The van der Waals surface area contributed by atoms with Gasteiger partial charge in [-0.15, -0.1) is 0 Å². The molecular weight excluding hydrogens is 314 g/mol. The average molecular weight is 343 g/mol. The second kappa shape index (κ2) is 6.71. The van der Waals surface area contributed by atoms with Crippen molar-refractivity contribution >= 4 is 17.0 Å². The van der Waals surface area contributed by atoms with Crippen LogP contribution in [0, 0.1) is 0 Å². The number of carbonyl (C=O) groups is 1. The minimum absolute atomic E-state index is 0.0450. The molecule has 1 saturated heterocycles. The second-order valence-electron chi connectivity index (χ2n) is 8.24. The molecule has 3 rings (SSSR count). The normalized spacial score (nSPS) is 18.0. The Bertz CT molecular complexity index is 771. The number of hydrogen-bond donors (Lipinski definition) is 1. The van der Waals surface area contributed by atoms with Crippen LogP contribution in [0.25, 0.3) is 10.9 Å². The van der Waals surface area contributed by atoms with E-state index in [0.29, 0.717) is 6.61 Å². The predicted molar refractivity (Wildman–Crippen MR) is 101 cm³/mol. The maximum Gasteiger partial charge on any atom is 0.407 e. The summed E-state index contributed by atoms with van der Waals surface area (Å²) in [6, 6.07) is 6.74. The number of amides is 1. The lowest BCUT2D eigenvalue weighted by Gasteiger charge is -2.22. The van der Waals surface area contributed by atoms with Crippen molar-refractivity contribution in [3.63, 3.8) is 0 Å². The Morgan fingerprint density at radius 1 is 1.32 bits per heavy atom. The molecule has 1 aromatic heterocycles. The number of carbonyl (C=O) groups excluding carboxylic acids is 1. The minimum atomic E-state index is -0.309. The molecule has 2 aromatic rings. The third kappa shape index (κ3) is 3.98. The summed E-state index contributed by atoms with van der Waals surface area (Å²) in [7, 11) is 4.22. The van der Waals surface area contributed by atoms with E-state index in [1.807, 2.05) is 0 Å². The molecule has 0 radical (unpaired) electrons. The summed E-state index contributed by atoms with van der Waals surface area (Å²) in [6.45, 7) is 8.19. The van der Waals surface area contributed by atoms with Gasteiger partial charge in [0.05, 0.1) is 6.04 Å². The summed E-state index contributed by atoms with van der Waals surface area (Å²) in [4.78, 5) is 13.4. The van der Waals surface area contributed by atoms with Crippen molar-refractivity contribution in [2.75, 3.05) is 27.2 Å². The number of nitrogens with zero attached hydrogens (tertiary/aromatic N) is 2. The first-order valence-electron chi connectivity index (χ1n) is 8.95. The van der Waals surface area contributed by atoms with Gasteiger partial charge in [-0.3, -0.25) is 0 Å². The largest absolute Gasteiger partial charge is 0.447 e. The van der Waals surface area contributed by atoms with Crippen LogP contribution in [0.1, 0.15) is 31.9 Å². The highest BCUT2D eigenvalue weighted by molar-refractivity contribution is 5.85. The van der Waals surface area contributed by atoms with Crippen molar-refractivity contribution in [2.24, 2.45) is 0 Å². The number of ether oxygens (including phenoxy) is 1. The summed E-state index contributed by atoms with van der Waals surface area (Å²) >= 11 is 0. The Labute approximate surface area is 149 Å². The number of benzene rings is 1. The lowest BCUT2D eigenvalue weighted by Crippen LogP contribution is -2.28. The van der Waals surface area contributed by atoms with Gasteiger partial charge in [-0.1, -0.05) is 6.07 Å². The SMILES string of the molecule is CN(C)CCc1cn(C(C)(C)C)c2ccc(CC3COC(=O)N3)cc12. The predicted octanol–water partition coefficient (Wildman–Crippen LogP) is 3.15. The van der Waals surface area contributed by atoms with Crippen LogP contribution in [-0.2, 0) is 23.1 Å². The molecule has 1 aliphatic heterocycles. The van der Waals surface area contributed by atoms with Gasteiger partial charge in [0.15, 0.2) is 0 Å². The van der Waals surface area contributed by atoms with E-state index in [4.69, 9.17) is 4.74 Å². The Hall–Kier alpha value is -2.01. The molecule has 0 spiro atoms. The van der Waals surface area contributed by atoms with Gasteiger partial charge < -0.3 is 19.5 Å². The zero-order chi connectivity index (χ0) is 18.2. The second-order valence-corrected chi connectivity index (χ2v) is 8.24. The van der Waals surface area contributed by atoms with Gasteiger partial charge in [-0.05, 0) is 71.0 Å². The number of rotatable bonds is 5. The molecule has 136 valence electrons. The molecule has 0 bridgehead atoms. The van der Waals surface area contributed by atoms with Gasteiger partial charge in [0, 0.05) is 29.2 Å². The molecule has 0 saturated carbocycles. The van der Waals surface area contributed by atoms with Crippen LogP contribution in [0.5, 0.6) is 0 Å². The molecule has 1 aromatic carbocycles.